The fourth-order valence-electron chi connectivity index (χ4n) is 4.40. The monoisotopic (exact) mass is 417 g/mol. The van der Waals surface area contributed by atoms with Gasteiger partial charge >= 0.3 is 0 Å². The molecule has 1 aliphatic heterocycles. The van der Waals surface area contributed by atoms with Crippen molar-refractivity contribution in [2.45, 2.75) is 61.4 Å². The molecule has 0 radical (unpaired) electrons. The van der Waals surface area contributed by atoms with E-state index in [0.29, 0.717) is 25.1 Å². The van der Waals surface area contributed by atoms with Crippen LogP contribution in [0.25, 0.3) is 0 Å². The molecule has 29 heavy (non-hydrogen) atoms. The van der Waals surface area contributed by atoms with Crippen molar-refractivity contribution in [1.82, 2.24) is 9.62 Å². The molecule has 1 atom stereocenters. The second-order valence-corrected chi connectivity index (χ2v) is 10.2. The molecule has 1 spiro atoms. The van der Waals surface area contributed by atoms with Crippen LogP contribution in [-0.4, -0.2) is 42.7 Å². The van der Waals surface area contributed by atoms with Gasteiger partial charge in [0.15, 0.2) is 0 Å². The molecule has 3 fully saturated rings. The molecule has 4 rings (SSSR count). The third-order valence-corrected chi connectivity index (χ3v) is 8.33. The molecule has 1 aromatic carbocycles. The summed E-state index contributed by atoms with van der Waals surface area (Å²) in [4.78, 5) is 23.8. The van der Waals surface area contributed by atoms with Gasteiger partial charge in [0, 0.05) is 29.7 Å². The highest BCUT2D eigenvalue weighted by atomic mass is 32.2. The average Bonchev–Trinajstić information content (AvgIpc) is 3.52. The number of benzene rings is 1. The van der Waals surface area contributed by atoms with E-state index in [1.807, 2.05) is 0 Å². The Bertz CT molecular complexity index is 918. The first-order valence-corrected chi connectivity index (χ1v) is 11.6. The molecule has 2 amide bonds. The highest BCUT2D eigenvalue weighted by Crippen LogP contribution is 2.47. The van der Waals surface area contributed by atoms with E-state index in [4.69, 9.17) is 0 Å². The lowest BCUT2D eigenvalue weighted by Crippen LogP contribution is -2.63. The van der Waals surface area contributed by atoms with Crippen molar-refractivity contribution in [1.29, 1.82) is 0 Å². The molecule has 0 bridgehead atoms. The van der Waals surface area contributed by atoms with Crippen molar-refractivity contribution in [2.24, 2.45) is 5.92 Å². The van der Waals surface area contributed by atoms with Gasteiger partial charge in [-0.25, -0.2) is 8.42 Å². The van der Waals surface area contributed by atoms with Gasteiger partial charge in [-0.15, -0.1) is 0 Å². The van der Waals surface area contributed by atoms with Crippen LogP contribution in [0.15, 0.2) is 41.8 Å². The Kier molecular flexibility index (Phi) is 5.25. The van der Waals surface area contributed by atoms with E-state index in [1.165, 1.54) is 6.08 Å². The van der Waals surface area contributed by atoms with Crippen LogP contribution in [-0.2, 0) is 19.6 Å². The summed E-state index contributed by atoms with van der Waals surface area (Å²) in [6, 6.07) is 6.40. The van der Waals surface area contributed by atoms with Gasteiger partial charge in [0.05, 0.1) is 4.90 Å². The number of nitrogens with zero attached hydrogens (tertiary/aromatic N) is 1. The zero-order valence-electron chi connectivity index (χ0n) is 16.4. The molecule has 1 unspecified atom stereocenters. The quantitative estimate of drug-likeness (QED) is 0.695. The minimum absolute atomic E-state index is 0.00216. The number of hydrogen-bond donors (Lipinski definition) is 2. The minimum Gasteiger partial charge on any atom is -0.350 e. The molecular weight excluding hydrogens is 390 g/mol. The molecule has 7 nitrogen and oxygen atoms in total. The van der Waals surface area contributed by atoms with Gasteiger partial charge in [0.2, 0.25) is 21.8 Å². The Hall–Kier alpha value is -2.19. The second-order valence-electron chi connectivity index (χ2n) is 8.35. The highest BCUT2D eigenvalue weighted by Gasteiger charge is 2.51. The molecule has 1 aromatic rings. The Morgan fingerprint density at radius 2 is 1.83 bits per heavy atom. The normalized spacial score (nSPS) is 23.8. The largest absolute Gasteiger partial charge is 0.350 e. The SMILES string of the molecule is C=CC(=O)NC1CCN(S(=O)(=O)c2ccc(NC(=O)C3CC3)cc2)C2(CCC2)C1. The highest BCUT2D eigenvalue weighted by molar-refractivity contribution is 7.89. The maximum atomic E-state index is 13.4. The molecular formula is C21H27N3O4S. The number of hydrogen-bond acceptors (Lipinski definition) is 4. The van der Waals surface area contributed by atoms with Crippen LogP contribution in [0.2, 0.25) is 0 Å². The van der Waals surface area contributed by atoms with E-state index in [9.17, 15) is 18.0 Å². The predicted molar refractivity (Wildman–Crippen MR) is 110 cm³/mol. The molecule has 0 aromatic heterocycles. The maximum absolute atomic E-state index is 13.4. The van der Waals surface area contributed by atoms with E-state index in [1.54, 1.807) is 28.6 Å². The molecule has 156 valence electrons. The van der Waals surface area contributed by atoms with Crippen LogP contribution in [0.5, 0.6) is 0 Å². The summed E-state index contributed by atoms with van der Waals surface area (Å²) in [6.07, 6.45) is 6.90. The van der Waals surface area contributed by atoms with Crippen LogP contribution >= 0.6 is 0 Å². The number of rotatable bonds is 6. The van der Waals surface area contributed by atoms with Crippen LogP contribution in [0.4, 0.5) is 5.69 Å². The van der Waals surface area contributed by atoms with Gasteiger partial charge < -0.3 is 10.6 Å². The standard InChI is InChI=1S/C21H27N3O4S/c1-2-19(25)22-17-10-13-24(21(14-17)11-3-12-21)29(27,28)18-8-6-16(7-9-18)23-20(26)15-4-5-15/h2,6-9,15,17H,1,3-5,10-14H2,(H,22,25)(H,23,26). The van der Waals surface area contributed by atoms with Gasteiger partial charge in [0.1, 0.15) is 0 Å². The third kappa shape index (κ3) is 3.96. The van der Waals surface area contributed by atoms with E-state index >= 15 is 0 Å². The summed E-state index contributed by atoms with van der Waals surface area (Å²) < 4.78 is 28.4. The van der Waals surface area contributed by atoms with Gasteiger partial charge in [-0.2, -0.15) is 4.31 Å². The first kappa shape index (κ1) is 20.1. The van der Waals surface area contributed by atoms with Crippen molar-refractivity contribution in [3.63, 3.8) is 0 Å². The molecule has 2 saturated carbocycles. The number of carbonyl (C=O) groups is 2. The topological polar surface area (TPSA) is 95.6 Å². The first-order valence-electron chi connectivity index (χ1n) is 10.2. The molecule has 2 aliphatic carbocycles. The van der Waals surface area contributed by atoms with Crippen molar-refractivity contribution in [3.8, 4) is 0 Å². The van der Waals surface area contributed by atoms with Crippen molar-refractivity contribution in [2.75, 3.05) is 11.9 Å². The number of carbonyl (C=O) groups excluding carboxylic acids is 2. The lowest BCUT2D eigenvalue weighted by atomic mass is 9.70. The Morgan fingerprint density at radius 1 is 1.14 bits per heavy atom. The number of sulfonamides is 1. The summed E-state index contributed by atoms with van der Waals surface area (Å²) in [7, 11) is -3.65. The average molecular weight is 418 g/mol. The Balaban J connectivity index is 1.49. The van der Waals surface area contributed by atoms with E-state index in [-0.39, 0.29) is 28.7 Å². The minimum atomic E-state index is -3.65. The third-order valence-electron chi connectivity index (χ3n) is 6.31. The van der Waals surface area contributed by atoms with E-state index < -0.39 is 15.6 Å². The van der Waals surface area contributed by atoms with Crippen LogP contribution in [0, 0.1) is 5.92 Å². The fourth-order valence-corrected chi connectivity index (χ4v) is 6.24. The summed E-state index contributed by atoms with van der Waals surface area (Å²) >= 11 is 0. The van der Waals surface area contributed by atoms with E-state index in [2.05, 4.69) is 17.2 Å². The maximum Gasteiger partial charge on any atom is 0.243 e. The Labute approximate surface area is 171 Å². The van der Waals surface area contributed by atoms with Gasteiger partial charge in [-0.1, -0.05) is 6.58 Å². The fraction of sp³-hybridized carbons (Fsp3) is 0.524. The molecule has 1 saturated heterocycles. The van der Waals surface area contributed by atoms with Gasteiger partial charge in [-0.05, 0) is 75.3 Å². The second kappa shape index (κ2) is 7.57. The number of nitrogens with one attached hydrogen (secondary N) is 2. The summed E-state index contributed by atoms with van der Waals surface area (Å²) in [5, 5.41) is 5.76. The van der Waals surface area contributed by atoms with Crippen molar-refractivity contribution >= 4 is 27.5 Å². The first-order chi connectivity index (χ1) is 13.8. The van der Waals surface area contributed by atoms with Crippen molar-refractivity contribution < 1.29 is 18.0 Å². The summed E-state index contributed by atoms with van der Waals surface area (Å²) in [5.74, 6) is -0.123. The number of amides is 2. The Morgan fingerprint density at radius 3 is 2.38 bits per heavy atom. The molecule has 1 heterocycles. The molecule has 3 aliphatic rings. The predicted octanol–water partition coefficient (Wildman–Crippen LogP) is 2.41. The number of anilines is 1. The summed E-state index contributed by atoms with van der Waals surface area (Å²) in [5.41, 5.74) is 0.194. The molecule has 8 heteroatoms. The number of piperidine rings is 1. The lowest BCUT2D eigenvalue weighted by molar-refractivity contribution is -0.118. The zero-order chi connectivity index (χ0) is 20.6. The molecule has 2 N–H and O–H groups in total. The van der Waals surface area contributed by atoms with Gasteiger partial charge in [0.25, 0.3) is 0 Å². The van der Waals surface area contributed by atoms with Crippen LogP contribution < -0.4 is 10.6 Å². The van der Waals surface area contributed by atoms with Crippen molar-refractivity contribution in [3.05, 3.63) is 36.9 Å². The van der Waals surface area contributed by atoms with Crippen LogP contribution in [0.3, 0.4) is 0 Å². The van der Waals surface area contributed by atoms with E-state index in [0.717, 1.165) is 32.1 Å². The summed E-state index contributed by atoms with van der Waals surface area (Å²) in [6.45, 7) is 3.86. The lowest BCUT2D eigenvalue weighted by Gasteiger charge is -2.54. The van der Waals surface area contributed by atoms with Gasteiger partial charge in [-0.3, -0.25) is 9.59 Å². The smallest absolute Gasteiger partial charge is 0.243 e. The van der Waals surface area contributed by atoms with Crippen LogP contribution in [0.1, 0.15) is 44.9 Å². The zero-order valence-corrected chi connectivity index (χ0v) is 17.2.